The molecule has 9 heteroatoms. The van der Waals surface area contributed by atoms with Gasteiger partial charge in [-0.3, -0.25) is 9.78 Å². The number of carbonyl (C=O) groups is 1. The molecule has 4 heterocycles. The average Bonchev–Trinajstić information content (AvgIpc) is 3.20. The third-order valence-electron chi connectivity index (χ3n) is 4.58. The molecule has 0 unspecified atom stereocenters. The van der Waals surface area contributed by atoms with Gasteiger partial charge in [-0.2, -0.15) is 5.10 Å². The Balaban J connectivity index is 1.74. The molecule has 0 amide bonds. The maximum atomic E-state index is 10.8. The molecule has 3 aromatic heterocycles. The van der Waals surface area contributed by atoms with Crippen LogP contribution in [0.2, 0.25) is 0 Å². The molecule has 0 fully saturated rings. The minimum atomic E-state index is -0.845. The Morgan fingerprint density at radius 1 is 1.32 bits per heavy atom. The van der Waals surface area contributed by atoms with E-state index < -0.39 is 5.97 Å². The zero-order chi connectivity index (χ0) is 19.8. The van der Waals surface area contributed by atoms with Crippen LogP contribution in [0.1, 0.15) is 37.8 Å². The lowest BCUT2D eigenvalue weighted by Crippen LogP contribution is -2.06. The molecular formula is C19H22N6O3. The molecule has 4 rings (SSSR count). The summed E-state index contributed by atoms with van der Waals surface area (Å²) >= 11 is 0. The van der Waals surface area contributed by atoms with Crippen molar-refractivity contribution >= 4 is 5.97 Å². The maximum Gasteiger partial charge on any atom is 0.303 e. The number of hydrogen-bond acceptors (Lipinski definition) is 6. The van der Waals surface area contributed by atoms with Crippen molar-refractivity contribution in [2.45, 2.75) is 46.2 Å². The molecule has 28 heavy (non-hydrogen) atoms. The summed E-state index contributed by atoms with van der Waals surface area (Å²) in [7, 11) is 0. The quantitative estimate of drug-likeness (QED) is 0.722. The molecule has 1 N–H and O–H groups in total. The van der Waals surface area contributed by atoms with Crippen molar-refractivity contribution in [3.63, 3.8) is 0 Å². The number of nitrogens with zero attached hydrogens (tertiary/aromatic N) is 6. The molecule has 0 radical (unpaired) electrons. The standard InChI is InChI=1S/C19H22N6O3/c1-11(2)25-19(21-12(3)23-25)15-10-24-6-7-28-16-8-13(4-5-17(26)27)20-9-14(16)18(24)22-15/h8-11H,4-7H2,1-3H3,(H,26,27). The fourth-order valence-corrected chi connectivity index (χ4v) is 3.26. The monoisotopic (exact) mass is 382 g/mol. The molecule has 0 aliphatic carbocycles. The zero-order valence-electron chi connectivity index (χ0n) is 16.1. The predicted molar refractivity (Wildman–Crippen MR) is 101 cm³/mol. The van der Waals surface area contributed by atoms with E-state index in [-0.39, 0.29) is 12.5 Å². The van der Waals surface area contributed by atoms with Crippen LogP contribution in [0.3, 0.4) is 0 Å². The first-order valence-corrected chi connectivity index (χ1v) is 9.27. The van der Waals surface area contributed by atoms with E-state index in [1.807, 2.05) is 28.4 Å². The molecule has 9 nitrogen and oxygen atoms in total. The first kappa shape index (κ1) is 18.1. The van der Waals surface area contributed by atoms with Crippen molar-refractivity contribution in [1.82, 2.24) is 29.3 Å². The van der Waals surface area contributed by atoms with Crippen LogP contribution in [0.4, 0.5) is 0 Å². The lowest BCUT2D eigenvalue weighted by Gasteiger charge is -2.08. The molecule has 0 saturated heterocycles. The summed E-state index contributed by atoms with van der Waals surface area (Å²) in [5.41, 5.74) is 2.24. The molecule has 0 atom stereocenters. The minimum Gasteiger partial charge on any atom is -0.491 e. The highest BCUT2D eigenvalue weighted by molar-refractivity contribution is 5.69. The summed E-state index contributed by atoms with van der Waals surface area (Å²) in [6.45, 7) is 7.13. The van der Waals surface area contributed by atoms with Crippen molar-refractivity contribution in [3.8, 4) is 28.7 Å². The van der Waals surface area contributed by atoms with Gasteiger partial charge in [0.05, 0.1) is 18.5 Å². The van der Waals surface area contributed by atoms with Gasteiger partial charge < -0.3 is 14.4 Å². The minimum absolute atomic E-state index is 0.0365. The van der Waals surface area contributed by atoms with E-state index in [0.717, 1.165) is 22.9 Å². The Morgan fingerprint density at radius 2 is 2.14 bits per heavy atom. The second-order valence-corrected chi connectivity index (χ2v) is 7.08. The highest BCUT2D eigenvalue weighted by atomic mass is 16.5. The van der Waals surface area contributed by atoms with Crippen molar-refractivity contribution in [2.24, 2.45) is 0 Å². The van der Waals surface area contributed by atoms with Crippen LogP contribution >= 0.6 is 0 Å². The van der Waals surface area contributed by atoms with Gasteiger partial charge in [0.2, 0.25) is 0 Å². The summed E-state index contributed by atoms with van der Waals surface area (Å²) < 4.78 is 9.78. The van der Waals surface area contributed by atoms with Crippen molar-refractivity contribution in [2.75, 3.05) is 6.61 Å². The topological polar surface area (TPSA) is 108 Å². The number of rotatable bonds is 5. The van der Waals surface area contributed by atoms with Gasteiger partial charge in [0.1, 0.15) is 29.7 Å². The number of pyridine rings is 1. The van der Waals surface area contributed by atoms with E-state index in [9.17, 15) is 4.79 Å². The fourth-order valence-electron chi connectivity index (χ4n) is 3.26. The van der Waals surface area contributed by atoms with Gasteiger partial charge in [0.25, 0.3) is 0 Å². The van der Waals surface area contributed by atoms with Crippen LogP contribution in [-0.4, -0.2) is 47.0 Å². The van der Waals surface area contributed by atoms with Crippen LogP contribution in [0.5, 0.6) is 5.75 Å². The predicted octanol–water partition coefficient (Wildman–Crippen LogP) is 2.50. The van der Waals surface area contributed by atoms with E-state index in [2.05, 4.69) is 28.9 Å². The number of fused-ring (bicyclic) bond motifs is 3. The zero-order valence-corrected chi connectivity index (χ0v) is 16.1. The number of imidazole rings is 1. The highest BCUT2D eigenvalue weighted by Gasteiger charge is 2.23. The number of hydrogen-bond donors (Lipinski definition) is 1. The van der Waals surface area contributed by atoms with Crippen LogP contribution in [0.15, 0.2) is 18.5 Å². The summed E-state index contributed by atoms with van der Waals surface area (Å²) in [4.78, 5) is 24.6. The molecule has 146 valence electrons. The summed E-state index contributed by atoms with van der Waals surface area (Å²) in [5, 5.41) is 13.4. The first-order chi connectivity index (χ1) is 13.4. The van der Waals surface area contributed by atoms with Gasteiger partial charge >= 0.3 is 5.97 Å². The van der Waals surface area contributed by atoms with E-state index in [0.29, 0.717) is 36.8 Å². The lowest BCUT2D eigenvalue weighted by atomic mass is 10.1. The van der Waals surface area contributed by atoms with Gasteiger partial charge in [0, 0.05) is 36.6 Å². The first-order valence-electron chi connectivity index (χ1n) is 9.27. The van der Waals surface area contributed by atoms with E-state index in [1.165, 1.54) is 0 Å². The molecule has 0 bridgehead atoms. The Morgan fingerprint density at radius 3 is 2.89 bits per heavy atom. The van der Waals surface area contributed by atoms with Gasteiger partial charge in [-0.05, 0) is 20.8 Å². The summed E-state index contributed by atoms with van der Waals surface area (Å²) in [6, 6.07) is 1.98. The van der Waals surface area contributed by atoms with Crippen molar-refractivity contribution in [1.29, 1.82) is 0 Å². The van der Waals surface area contributed by atoms with Gasteiger partial charge in [-0.25, -0.2) is 14.6 Å². The van der Waals surface area contributed by atoms with Crippen LogP contribution < -0.4 is 4.74 Å². The maximum absolute atomic E-state index is 10.8. The van der Waals surface area contributed by atoms with Crippen molar-refractivity contribution < 1.29 is 14.6 Å². The number of aromatic nitrogens is 6. The Hall–Kier alpha value is -3.23. The fraction of sp³-hybridized carbons (Fsp3) is 0.421. The number of carboxylic acids is 1. The normalized spacial score (nSPS) is 13.0. The third kappa shape index (κ3) is 3.35. The molecule has 3 aromatic rings. The second kappa shape index (κ2) is 7.06. The number of ether oxygens (including phenoxy) is 1. The number of aryl methyl sites for hydroxylation is 2. The number of aliphatic carboxylic acids is 1. The lowest BCUT2D eigenvalue weighted by molar-refractivity contribution is -0.136. The molecule has 0 aromatic carbocycles. The summed E-state index contributed by atoms with van der Waals surface area (Å²) in [6.07, 6.45) is 4.07. The second-order valence-electron chi connectivity index (χ2n) is 7.08. The molecule has 0 spiro atoms. The Kier molecular flexibility index (Phi) is 4.58. The molecule has 1 aliphatic heterocycles. The van der Waals surface area contributed by atoms with Gasteiger partial charge in [-0.15, -0.1) is 0 Å². The van der Waals surface area contributed by atoms with Crippen LogP contribution in [0, 0.1) is 6.92 Å². The van der Waals surface area contributed by atoms with Crippen LogP contribution in [-0.2, 0) is 17.8 Å². The third-order valence-corrected chi connectivity index (χ3v) is 4.58. The average molecular weight is 382 g/mol. The van der Waals surface area contributed by atoms with E-state index >= 15 is 0 Å². The largest absolute Gasteiger partial charge is 0.491 e. The SMILES string of the molecule is Cc1nc(-c2cn3c(n2)-c2cnc(CCC(=O)O)cc2OCC3)n(C(C)C)n1. The van der Waals surface area contributed by atoms with E-state index in [4.69, 9.17) is 14.8 Å². The van der Waals surface area contributed by atoms with Gasteiger partial charge in [-0.1, -0.05) is 0 Å². The molecule has 0 saturated carbocycles. The van der Waals surface area contributed by atoms with Crippen LogP contribution in [0.25, 0.3) is 22.9 Å². The van der Waals surface area contributed by atoms with Crippen molar-refractivity contribution in [3.05, 3.63) is 30.0 Å². The Bertz CT molecular complexity index is 1040. The van der Waals surface area contributed by atoms with Gasteiger partial charge in [0.15, 0.2) is 5.82 Å². The van der Waals surface area contributed by atoms with E-state index in [1.54, 1.807) is 6.20 Å². The highest BCUT2D eigenvalue weighted by Crippen LogP contribution is 2.34. The molecular weight excluding hydrogens is 360 g/mol. The smallest absolute Gasteiger partial charge is 0.303 e. The Labute approximate surface area is 162 Å². The molecule has 1 aliphatic rings. The number of carboxylic acid groups (broad SMARTS) is 1. The summed E-state index contributed by atoms with van der Waals surface area (Å²) in [5.74, 6) is 2.04.